The van der Waals surface area contributed by atoms with Gasteiger partial charge in [-0.2, -0.15) is 0 Å². The van der Waals surface area contributed by atoms with Crippen LogP contribution in [0, 0.1) is 13.8 Å². The second kappa shape index (κ2) is 7.12. The highest BCUT2D eigenvalue weighted by atomic mass is 32.1. The number of carbonyl (C=O) groups is 2. The van der Waals surface area contributed by atoms with Gasteiger partial charge in [0.2, 0.25) is 0 Å². The zero-order chi connectivity index (χ0) is 19.8. The zero-order valence-corrected chi connectivity index (χ0v) is 16.5. The number of nitrogens with one attached hydrogen (secondary N) is 2. The molecule has 3 heterocycles. The van der Waals surface area contributed by atoms with E-state index in [-0.39, 0.29) is 24.5 Å². The SMILES string of the molecule is Cc1ccc(-c2nc(C)c(C(=O)N[C@H](C)c3ccc4c(c3)NC(=O)CO4)s2)o1. The Hall–Kier alpha value is -3.13. The number of anilines is 1. The molecule has 1 atom stereocenters. The summed E-state index contributed by atoms with van der Waals surface area (Å²) in [4.78, 5) is 29.3. The first-order valence-corrected chi connectivity index (χ1v) is 9.64. The highest BCUT2D eigenvalue weighted by molar-refractivity contribution is 7.17. The molecule has 0 radical (unpaired) electrons. The van der Waals surface area contributed by atoms with Crippen LogP contribution in [0.15, 0.2) is 34.7 Å². The molecule has 0 bridgehead atoms. The van der Waals surface area contributed by atoms with Crippen molar-refractivity contribution in [3.8, 4) is 16.5 Å². The number of ether oxygens (including phenoxy) is 1. The van der Waals surface area contributed by atoms with E-state index in [1.54, 1.807) is 13.0 Å². The second-order valence-electron chi connectivity index (χ2n) is 6.63. The molecule has 0 spiro atoms. The maximum atomic E-state index is 12.8. The van der Waals surface area contributed by atoms with Crippen LogP contribution in [0.3, 0.4) is 0 Å². The molecule has 2 N–H and O–H groups in total. The van der Waals surface area contributed by atoms with Crippen molar-refractivity contribution in [1.82, 2.24) is 10.3 Å². The quantitative estimate of drug-likeness (QED) is 0.698. The van der Waals surface area contributed by atoms with Gasteiger partial charge in [-0.25, -0.2) is 4.98 Å². The first-order chi connectivity index (χ1) is 13.4. The topological polar surface area (TPSA) is 93.5 Å². The monoisotopic (exact) mass is 397 g/mol. The van der Waals surface area contributed by atoms with Crippen LogP contribution in [0.5, 0.6) is 5.75 Å². The summed E-state index contributed by atoms with van der Waals surface area (Å²) >= 11 is 1.30. The number of furan rings is 1. The number of hydrogen-bond acceptors (Lipinski definition) is 6. The molecule has 1 aliphatic heterocycles. The van der Waals surface area contributed by atoms with Gasteiger partial charge in [0.15, 0.2) is 17.4 Å². The second-order valence-corrected chi connectivity index (χ2v) is 7.63. The summed E-state index contributed by atoms with van der Waals surface area (Å²) in [7, 11) is 0. The lowest BCUT2D eigenvalue weighted by atomic mass is 10.1. The number of aryl methyl sites for hydroxylation is 2. The molecule has 8 heteroatoms. The Labute approximate surface area is 165 Å². The minimum atomic E-state index is -0.257. The van der Waals surface area contributed by atoms with Gasteiger partial charge >= 0.3 is 0 Å². The molecule has 0 unspecified atom stereocenters. The molecule has 0 fully saturated rings. The van der Waals surface area contributed by atoms with Crippen molar-refractivity contribution in [2.24, 2.45) is 0 Å². The van der Waals surface area contributed by atoms with E-state index in [2.05, 4.69) is 15.6 Å². The van der Waals surface area contributed by atoms with Crippen molar-refractivity contribution >= 4 is 28.8 Å². The lowest BCUT2D eigenvalue weighted by Gasteiger charge is -2.20. The lowest BCUT2D eigenvalue weighted by molar-refractivity contribution is -0.118. The van der Waals surface area contributed by atoms with E-state index in [1.807, 2.05) is 38.1 Å². The van der Waals surface area contributed by atoms with Crippen LogP contribution in [0.4, 0.5) is 5.69 Å². The van der Waals surface area contributed by atoms with Crippen LogP contribution in [-0.2, 0) is 4.79 Å². The van der Waals surface area contributed by atoms with Crippen LogP contribution in [0.25, 0.3) is 10.8 Å². The predicted molar refractivity (Wildman–Crippen MR) is 106 cm³/mol. The van der Waals surface area contributed by atoms with Gasteiger partial charge in [-0.05, 0) is 50.6 Å². The molecule has 7 nitrogen and oxygen atoms in total. The summed E-state index contributed by atoms with van der Waals surface area (Å²) in [6.45, 7) is 5.57. The van der Waals surface area contributed by atoms with Crippen molar-refractivity contribution in [2.45, 2.75) is 26.8 Å². The predicted octanol–water partition coefficient (Wildman–Crippen LogP) is 3.84. The van der Waals surface area contributed by atoms with Gasteiger partial charge in [0, 0.05) is 0 Å². The average molecular weight is 397 g/mol. The Morgan fingerprint density at radius 3 is 2.86 bits per heavy atom. The summed E-state index contributed by atoms with van der Waals surface area (Å²) in [6.07, 6.45) is 0. The first-order valence-electron chi connectivity index (χ1n) is 8.82. The first kappa shape index (κ1) is 18.2. The number of nitrogens with zero attached hydrogens (tertiary/aromatic N) is 1. The summed E-state index contributed by atoms with van der Waals surface area (Å²) in [5.41, 5.74) is 2.13. The molecule has 0 aliphatic carbocycles. The lowest BCUT2D eigenvalue weighted by Crippen LogP contribution is -2.28. The summed E-state index contributed by atoms with van der Waals surface area (Å²) in [6, 6.07) is 8.94. The van der Waals surface area contributed by atoms with Gasteiger partial charge in [-0.15, -0.1) is 11.3 Å². The summed E-state index contributed by atoms with van der Waals surface area (Å²) in [5.74, 6) is 1.69. The van der Waals surface area contributed by atoms with Crippen molar-refractivity contribution in [1.29, 1.82) is 0 Å². The number of carbonyl (C=O) groups excluding carboxylic acids is 2. The van der Waals surface area contributed by atoms with E-state index in [1.165, 1.54) is 11.3 Å². The van der Waals surface area contributed by atoms with Crippen LogP contribution in [0.2, 0.25) is 0 Å². The highest BCUT2D eigenvalue weighted by Gasteiger charge is 2.21. The van der Waals surface area contributed by atoms with Gasteiger partial charge in [0.1, 0.15) is 16.4 Å². The van der Waals surface area contributed by atoms with Gasteiger partial charge in [0.25, 0.3) is 11.8 Å². The molecule has 144 valence electrons. The number of rotatable bonds is 4. The smallest absolute Gasteiger partial charge is 0.263 e. The van der Waals surface area contributed by atoms with Gasteiger partial charge < -0.3 is 19.8 Å². The van der Waals surface area contributed by atoms with E-state index >= 15 is 0 Å². The fourth-order valence-corrected chi connectivity index (χ4v) is 3.91. The van der Waals surface area contributed by atoms with Gasteiger partial charge in [-0.3, -0.25) is 9.59 Å². The van der Waals surface area contributed by atoms with Gasteiger partial charge in [0.05, 0.1) is 17.4 Å². The molecule has 0 saturated carbocycles. The van der Waals surface area contributed by atoms with E-state index in [4.69, 9.17) is 9.15 Å². The Bertz CT molecular complexity index is 1070. The Morgan fingerprint density at radius 2 is 2.11 bits per heavy atom. The Morgan fingerprint density at radius 1 is 1.29 bits per heavy atom. The van der Waals surface area contributed by atoms with Crippen molar-refractivity contribution < 1.29 is 18.7 Å². The summed E-state index contributed by atoms with van der Waals surface area (Å²) in [5, 5.41) is 6.44. The minimum Gasteiger partial charge on any atom is -0.482 e. The molecule has 2 amide bonds. The molecular weight excluding hydrogens is 378 g/mol. The van der Waals surface area contributed by atoms with E-state index < -0.39 is 0 Å². The van der Waals surface area contributed by atoms with Gasteiger partial charge in [-0.1, -0.05) is 6.07 Å². The molecule has 4 rings (SSSR count). The number of thiazole rings is 1. The van der Waals surface area contributed by atoms with Crippen LogP contribution in [-0.4, -0.2) is 23.4 Å². The van der Waals surface area contributed by atoms with E-state index in [0.29, 0.717) is 32.8 Å². The number of benzene rings is 1. The van der Waals surface area contributed by atoms with Crippen molar-refractivity contribution in [2.75, 3.05) is 11.9 Å². The number of hydrogen-bond donors (Lipinski definition) is 2. The molecule has 0 saturated heterocycles. The molecular formula is C20H19N3O4S. The maximum absolute atomic E-state index is 12.8. The Kier molecular flexibility index (Phi) is 4.64. The molecule has 3 aromatic rings. The summed E-state index contributed by atoms with van der Waals surface area (Å²) < 4.78 is 11.0. The van der Waals surface area contributed by atoms with Crippen molar-refractivity contribution in [3.05, 3.63) is 52.2 Å². The largest absolute Gasteiger partial charge is 0.482 e. The maximum Gasteiger partial charge on any atom is 0.263 e. The highest BCUT2D eigenvalue weighted by Crippen LogP contribution is 2.32. The third-order valence-electron chi connectivity index (χ3n) is 4.44. The third-order valence-corrected chi connectivity index (χ3v) is 5.61. The molecule has 28 heavy (non-hydrogen) atoms. The van der Waals surface area contributed by atoms with Crippen LogP contribution >= 0.6 is 11.3 Å². The number of fused-ring (bicyclic) bond motifs is 1. The average Bonchev–Trinajstić information content (AvgIpc) is 3.26. The fourth-order valence-electron chi connectivity index (χ4n) is 2.98. The zero-order valence-electron chi connectivity index (χ0n) is 15.7. The number of amides is 2. The minimum absolute atomic E-state index is 0.0147. The normalized spacial score (nSPS) is 14.0. The fraction of sp³-hybridized carbons (Fsp3) is 0.250. The molecule has 1 aliphatic rings. The van der Waals surface area contributed by atoms with Crippen molar-refractivity contribution in [3.63, 3.8) is 0 Å². The molecule has 1 aromatic carbocycles. The van der Waals surface area contributed by atoms with E-state index in [0.717, 1.165) is 11.3 Å². The Balaban J connectivity index is 1.51. The number of aromatic nitrogens is 1. The van der Waals surface area contributed by atoms with Crippen LogP contribution < -0.4 is 15.4 Å². The standard InChI is InChI=1S/C20H19N3O4S/c1-10-4-6-16(27-10)20-22-12(3)18(28-20)19(25)21-11(2)13-5-7-15-14(8-13)23-17(24)9-26-15/h4-8,11H,9H2,1-3H3,(H,21,25)(H,23,24)/t11-/m1/s1. The van der Waals surface area contributed by atoms with Crippen LogP contribution in [0.1, 0.15) is 39.7 Å². The van der Waals surface area contributed by atoms with E-state index in [9.17, 15) is 9.59 Å². The molecule has 2 aromatic heterocycles. The third kappa shape index (κ3) is 3.50.